The Bertz CT molecular complexity index is 408. The van der Waals surface area contributed by atoms with Crippen molar-refractivity contribution in [3.8, 4) is 0 Å². The lowest BCUT2D eigenvalue weighted by Gasteiger charge is -2.40. The SMILES string of the molecule is CCCCCCCOC[C@H]1O[C@H](OO)C[C@@H](OCCCCCCC)[C@H]1OCCCCCCC. The van der Waals surface area contributed by atoms with Crippen molar-refractivity contribution in [1.82, 2.24) is 0 Å². The van der Waals surface area contributed by atoms with E-state index >= 15 is 0 Å². The third kappa shape index (κ3) is 15.4. The van der Waals surface area contributed by atoms with Gasteiger partial charge in [0.25, 0.3) is 0 Å². The van der Waals surface area contributed by atoms with Crippen molar-refractivity contribution < 1.29 is 29.1 Å². The zero-order valence-electron chi connectivity index (χ0n) is 21.9. The Hall–Kier alpha value is -0.240. The Kier molecular flexibility index (Phi) is 20.7. The van der Waals surface area contributed by atoms with Gasteiger partial charge < -0.3 is 18.9 Å². The highest BCUT2D eigenvalue weighted by atomic mass is 17.1. The fraction of sp³-hybridized carbons (Fsp3) is 1.00. The molecule has 0 aromatic carbocycles. The first-order valence-corrected chi connectivity index (χ1v) is 14.0. The van der Waals surface area contributed by atoms with E-state index in [1.807, 2.05) is 0 Å². The lowest BCUT2D eigenvalue weighted by Crippen LogP contribution is -2.53. The summed E-state index contributed by atoms with van der Waals surface area (Å²) < 4.78 is 24.5. The molecule has 1 N–H and O–H groups in total. The molecule has 33 heavy (non-hydrogen) atoms. The maximum Gasteiger partial charge on any atom is 0.194 e. The van der Waals surface area contributed by atoms with E-state index in [2.05, 4.69) is 25.7 Å². The van der Waals surface area contributed by atoms with Crippen LogP contribution in [0.15, 0.2) is 0 Å². The summed E-state index contributed by atoms with van der Waals surface area (Å²) in [5.41, 5.74) is 0. The van der Waals surface area contributed by atoms with Gasteiger partial charge in [-0.1, -0.05) is 97.8 Å². The van der Waals surface area contributed by atoms with Crippen molar-refractivity contribution in [3.05, 3.63) is 0 Å². The summed E-state index contributed by atoms with van der Waals surface area (Å²) >= 11 is 0. The van der Waals surface area contributed by atoms with Crippen LogP contribution in [-0.4, -0.2) is 56.3 Å². The molecule has 4 atom stereocenters. The van der Waals surface area contributed by atoms with Gasteiger partial charge in [-0.2, -0.15) is 0 Å². The third-order valence-electron chi connectivity index (χ3n) is 6.41. The topological polar surface area (TPSA) is 66.4 Å². The fourth-order valence-corrected chi connectivity index (χ4v) is 4.34. The molecule has 1 heterocycles. The van der Waals surface area contributed by atoms with E-state index in [1.54, 1.807) is 0 Å². The second-order valence-corrected chi connectivity index (χ2v) is 9.51. The van der Waals surface area contributed by atoms with Crippen molar-refractivity contribution in [2.45, 2.75) is 148 Å². The second kappa shape index (κ2) is 22.2. The first kappa shape index (κ1) is 30.8. The fourth-order valence-electron chi connectivity index (χ4n) is 4.34. The van der Waals surface area contributed by atoms with Crippen LogP contribution in [0.5, 0.6) is 0 Å². The molecule has 0 radical (unpaired) electrons. The lowest BCUT2D eigenvalue weighted by atomic mass is 10.0. The number of ether oxygens (including phenoxy) is 4. The van der Waals surface area contributed by atoms with Crippen LogP contribution in [0.25, 0.3) is 0 Å². The second-order valence-electron chi connectivity index (χ2n) is 9.51. The predicted octanol–water partition coefficient (Wildman–Crippen LogP) is 7.29. The van der Waals surface area contributed by atoms with Crippen LogP contribution < -0.4 is 0 Å². The molecule has 0 spiro atoms. The molecule has 0 aliphatic carbocycles. The highest BCUT2D eigenvalue weighted by Crippen LogP contribution is 2.27. The molecule has 1 aliphatic heterocycles. The van der Waals surface area contributed by atoms with Gasteiger partial charge >= 0.3 is 0 Å². The molecule has 0 aromatic heterocycles. The summed E-state index contributed by atoms with van der Waals surface area (Å²) in [6, 6.07) is 0. The third-order valence-corrected chi connectivity index (χ3v) is 6.41. The smallest absolute Gasteiger partial charge is 0.194 e. The van der Waals surface area contributed by atoms with Gasteiger partial charge in [-0.25, -0.2) is 10.1 Å². The molecular weight excluding hydrogens is 420 g/mol. The van der Waals surface area contributed by atoms with Crippen molar-refractivity contribution >= 4 is 0 Å². The average molecular weight is 475 g/mol. The number of rotatable bonds is 23. The van der Waals surface area contributed by atoms with Gasteiger partial charge in [0.2, 0.25) is 0 Å². The largest absolute Gasteiger partial charge is 0.379 e. The molecule has 6 nitrogen and oxygen atoms in total. The van der Waals surface area contributed by atoms with Gasteiger partial charge in [0.1, 0.15) is 12.2 Å². The summed E-state index contributed by atoms with van der Waals surface area (Å²) in [5.74, 6) is 0. The first-order valence-electron chi connectivity index (χ1n) is 14.0. The Morgan fingerprint density at radius 1 is 0.667 bits per heavy atom. The van der Waals surface area contributed by atoms with Gasteiger partial charge in [0.15, 0.2) is 6.29 Å². The van der Waals surface area contributed by atoms with Crippen molar-refractivity contribution in [1.29, 1.82) is 0 Å². The minimum absolute atomic E-state index is 0.157. The van der Waals surface area contributed by atoms with Gasteiger partial charge in [-0.15, -0.1) is 0 Å². The number of hydrogen-bond donors (Lipinski definition) is 1. The van der Waals surface area contributed by atoms with E-state index in [0.29, 0.717) is 26.2 Å². The lowest BCUT2D eigenvalue weighted by molar-refractivity contribution is -0.384. The monoisotopic (exact) mass is 474 g/mol. The summed E-state index contributed by atoms with van der Waals surface area (Å²) in [5, 5.41) is 9.31. The summed E-state index contributed by atoms with van der Waals surface area (Å²) in [7, 11) is 0. The molecule has 1 aliphatic rings. The van der Waals surface area contributed by atoms with E-state index in [-0.39, 0.29) is 18.3 Å². The highest BCUT2D eigenvalue weighted by molar-refractivity contribution is 4.86. The Morgan fingerprint density at radius 3 is 1.73 bits per heavy atom. The van der Waals surface area contributed by atoms with Gasteiger partial charge in [0.05, 0.1) is 12.7 Å². The zero-order valence-corrected chi connectivity index (χ0v) is 21.9. The van der Waals surface area contributed by atoms with Gasteiger partial charge in [-0.05, 0) is 19.3 Å². The van der Waals surface area contributed by atoms with Crippen LogP contribution in [0.1, 0.15) is 124 Å². The molecule has 0 unspecified atom stereocenters. The van der Waals surface area contributed by atoms with E-state index in [4.69, 9.17) is 18.9 Å². The van der Waals surface area contributed by atoms with Crippen molar-refractivity contribution in [2.75, 3.05) is 26.4 Å². The van der Waals surface area contributed by atoms with Crippen LogP contribution in [0.4, 0.5) is 0 Å². The van der Waals surface area contributed by atoms with E-state index in [9.17, 15) is 5.26 Å². The molecule has 0 amide bonds. The molecule has 1 saturated heterocycles. The molecular formula is C27H54O6. The van der Waals surface area contributed by atoms with Gasteiger partial charge in [0, 0.05) is 26.2 Å². The maximum absolute atomic E-state index is 9.31. The minimum atomic E-state index is -0.697. The highest BCUT2D eigenvalue weighted by Gasteiger charge is 2.41. The maximum atomic E-state index is 9.31. The normalized spacial score (nSPS) is 23.3. The molecule has 1 fully saturated rings. The molecule has 6 heteroatoms. The average Bonchev–Trinajstić information content (AvgIpc) is 2.83. The molecule has 0 aromatic rings. The molecule has 0 saturated carbocycles. The molecule has 198 valence electrons. The summed E-state index contributed by atoms with van der Waals surface area (Å²) in [4.78, 5) is 4.59. The van der Waals surface area contributed by atoms with E-state index < -0.39 is 6.29 Å². The Labute approximate surface area is 204 Å². The van der Waals surface area contributed by atoms with Crippen molar-refractivity contribution in [2.24, 2.45) is 0 Å². The van der Waals surface area contributed by atoms with E-state index in [0.717, 1.165) is 25.9 Å². The number of hydrogen-bond acceptors (Lipinski definition) is 6. The van der Waals surface area contributed by atoms with Gasteiger partial charge in [-0.3, -0.25) is 0 Å². The zero-order chi connectivity index (χ0) is 24.0. The minimum Gasteiger partial charge on any atom is -0.379 e. The summed E-state index contributed by atoms with van der Waals surface area (Å²) in [6.07, 6.45) is 17.2. The van der Waals surface area contributed by atoms with Crippen LogP contribution in [-0.2, 0) is 23.8 Å². The first-order chi connectivity index (χ1) is 16.3. The van der Waals surface area contributed by atoms with Crippen LogP contribution in [0, 0.1) is 0 Å². The molecule has 0 bridgehead atoms. The van der Waals surface area contributed by atoms with Crippen LogP contribution in [0.2, 0.25) is 0 Å². The molecule has 1 rings (SSSR count). The Balaban J connectivity index is 2.54. The van der Waals surface area contributed by atoms with Crippen LogP contribution in [0.3, 0.4) is 0 Å². The van der Waals surface area contributed by atoms with E-state index in [1.165, 1.54) is 77.0 Å². The Morgan fingerprint density at radius 2 is 1.18 bits per heavy atom. The summed E-state index contributed by atoms with van der Waals surface area (Å²) in [6.45, 7) is 9.25. The quantitative estimate of drug-likeness (QED) is 0.0953. The number of unbranched alkanes of at least 4 members (excludes halogenated alkanes) is 12. The van der Waals surface area contributed by atoms with Crippen LogP contribution >= 0.6 is 0 Å². The standard InChI is InChI=1S/C27H54O6/c1-4-7-10-13-16-19-29-23-25-27(31-21-18-15-12-9-6-3)24(22-26(32-25)33-28)30-20-17-14-11-8-5-2/h24-28H,4-23H2,1-3H3/t24-,25-,26-,27-/m1/s1. The predicted molar refractivity (Wildman–Crippen MR) is 134 cm³/mol. The van der Waals surface area contributed by atoms with Crippen molar-refractivity contribution in [3.63, 3.8) is 0 Å².